The summed E-state index contributed by atoms with van der Waals surface area (Å²) in [6, 6.07) is 0. The van der Waals surface area contributed by atoms with Crippen LogP contribution in [-0.4, -0.2) is 14.5 Å². The van der Waals surface area contributed by atoms with Gasteiger partial charge in [0, 0.05) is 30.7 Å². The van der Waals surface area contributed by atoms with E-state index in [2.05, 4.69) is 33.7 Å². The third-order valence-electron chi connectivity index (χ3n) is 2.94. The molecule has 0 aromatic carbocycles. The van der Waals surface area contributed by atoms with E-state index >= 15 is 0 Å². The first-order chi connectivity index (χ1) is 8.54. The summed E-state index contributed by atoms with van der Waals surface area (Å²) in [5.74, 6) is 0.727. The van der Waals surface area contributed by atoms with Gasteiger partial charge in [-0.2, -0.15) is 0 Å². The normalized spacial score (nSPS) is 11.4. The molecule has 0 saturated heterocycles. The highest BCUT2D eigenvalue weighted by atomic mass is 35.5. The number of halogens is 1. The van der Waals surface area contributed by atoms with E-state index in [1.165, 1.54) is 11.3 Å². The number of allylic oxidation sites excluding steroid dienone is 1. The lowest BCUT2D eigenvalue weighted by atomic mass is 10.1. The number of hydrogen-bond donors (Lipinski definition) is 0. The van der Waals surface area contributed by atoms with Gasteiger partial charge in [-0.3, -0.25) is 0 Å². The SMILES string of the molecule is C/C=C\c1c(C)c(-c2nc(C)ncc2Cl)cn1C. The van der Waals surface area contributed by atoms with E-state index in [1.54, 1.807) is 6.20 Å². The molecule has 0 atom stereocenters. The van der Waals surface area contributed by atoms with Crippen LogP contribution in [0.1, 0.15) is 24.0 Å². The first-order valence-electron chi connectivity index (χ1n) is 5.82. The van der Waals surface area contributed by atoms with Gasteiger partial charge in [-0.1, -0.05) is 17.7 Å². The van der Waals surface area contributed by atoms with Gasteiger partial charge in [-0.05, 0) is 32.4 Å². The Labute approximate surface area is 112 Å². The van der Waals surface area contributed by atoms with Gasteiger partial charge in [-0.15, -0.1) is 0 Å². The standard InChI is InChI=1S/C14H16ClN3/c1-5-6-13-9(2)11(8-18(13)4)14-12(15)7-16-10(3)17-14/h5-8H,1-4H3/b6-5-. The second-order valence-corrected chi connectivity index (χ2v) is 4.68. The second-order valence-electron chi connectivity index (χ2n) is 4.28. The summed E-state index contributed by atoms with van der Waals surface area (Å²) in [4.78, 5) is 8.53. The van der Waals surface area contributed by atoms with Crippen LogP contribution in [0.15, 0.2) is 18.5 Å². The fourth-order valence-electron chi connectivity index (χ4n) is 2.05. The number of aryl methyl sites for hydroxylation is 2. The lowest BCUT2D eigenvalue weighted by Crippen LogP contribution is -1.92. The largest absolute Gasteiger partial charge is 0.350 e. The van der Waals surface area contributed by atoms with Crippen molar-refractivity contribution in [1.82, 2.24) is 14.5 Å². The molecule has 2 heterocycles. The minimum Gasteiger partial charge on any atom is -0.350 e. The van der Waals surface area contributed by atoms with E-state index in [4.69, 9.17) is 11.6 Å². The zero-order valence-electron chi connectivity index (χ0n) is 11.0. The molecule has 0 spiro atoms. The Bertz CT molecular complexity index is 612. The Balaban J connectivity index is 2.65. The van der Waals surface area contributed by atoms with Gasteiger partial charge in [0.05, 0.1) is 10.7 Å². The summed E-state index contributed by atoms with van der Waals surface area (Å²) in [6.45, 7) is 5.96. The topological polar surface area (TPSA) is 30.7 Å². The van der Waals surface area contributed by atoms with Crippen molar-refractivity contribution in [3.05, 3.63) is 40.6 Å². The monoisotopic (exact) mass is 261 g/mol. The molecule has 2 aromatic heterocycles. The average molecular weight is 262 g/mol. The van der Waals surface area contributed by atoms with E-state index in [-0.39, 0.29) is 0 Å². The fourth-order valence-corrected chi connectivity index (χ4v) is 2.24. The summed E-state index contributed by atoms with van der Waals surface area (Å²) in [5, 5.41) is 0.585. The third-order valence-corrected chi connectivity index (χ3v) is 3.21. The zero-order valence-corrected chi connectivity index (χ0v) is 11.8. The first kappa shape index (κ1) is 12.8. The van der Waals surface area contributed by atoms with E-state index in [0.29, 0.717) is 5.02 Å². The van der Waals surface area contributed by atoms with Crippen LogP contribution in [0.2, 0.25) is 5.02 Å². The molecule has 2 aromatic rings. The van der Waals surface area contributed by atoms with Crippen molar-refractivity contribution < 1.29 is 0 Å². The smallest absolute Gasteiger partial charge is 0.125 e. The van der Waals surface area contributed by atoms with E-state index < -0.39 is 0 Å². The molecular formula is C14H16ClN3. The molecule has 0 aliphatic heterocycles. The van der Waals surface area contributed by atoms with Gasteiger partial charge < -0.3 is 4.57 Å². The lowest BCUT2D eigenvalue weighted by molar-refractivity contribution is 0.911. The molecule has 94 valence electrons. The summed E-state index contributed by atoms with van der Waals surface area (Å²) >= 11 is 6.19. The van der Waals surface area contributed by atoms with Crippen molar-refractivity contribution in [1.29, 1.82) is 0 Å². The van der Waals surface area contributed by atoms with Gasteiger partial charge in [0.1, 0.15) is 5.82 Å². The fraction of sp³-hybridized carbons (Fsp3) is 0.286. The van der Waals surface area contributed by atoms with Crippen LogP contribution < -0.4 is 0 Å². The molecule has 0 aliphatic rings. The van der Waals surface area contributed by atoms with Crippen molar-refractivity contribution in [2.24, 2.45) is 7.05 Å². The summed E-state index contributed by atoms with van der Waals surface area (Å²) in [6.07, 6.45) is 7.82. The van der Waals surface area contributed by atoms with Crippen LogP contribution in [0.5, 0.6) is 0 Å². The van der Waals surface area contributed by atoms with Crippen LogP contribution in [-0.2, 0) is 7.05 Å². The Morgan fingerprint density at radius 1 is 1.33 bits per heavy atom. The molecule has 0 fully saturated rings. The zero-order chi connectivity index (χ0) is 13.3. The lowest BCUT2D eigenvalue weighted by Gasteiger charge is -2.03. The van der Waals surface area contributed by atoms with Gasteiger partial charge in [0.15, 0.2) is 0 Å². The molecular weight excluding hydrogens is 246 g/mol. The summed E-state index contributed by atoms with van der Waals surface area (Å²) in [7, 11) is 2.02. The van der Waals surface area contributed by atoms with Crippen LogP contribution in [0, 0.1) is 13.8 Å². The molecule has 0 aliphatic carbocycles. The van der Waals surface area contributed by atoms with Crippen LogP contribution in [0.4, 0.5) is 0 Å². The molecule has 0 unspecified atom stereocenters. The predicted octanol–water partition coefficient (Wildman–Crippen LogP) is 3.79. The van der Waals surface area contributed by atoms with Gasteiger partial charge in [-0.25, -0.2) is 9.97 Å². The maximum Gasteiger partial charge on any atom is 0.125 e. The third kappa shape index (κ3) is 2.18. The quantitative estimate of drug-likeness (QED) is 0.824. The Kier molecular flexibility index (Phi) is 3.53. The van der Waals surface area contributed by atoms with E-state index in [1.807, 2.05) is 27.0 Å². The molecule has 0 N–H and O–H groups in total. The van der Waals surface area contributed by atoms with Crippen molar-refractivity contribution in [2.45, 2.75) is 20.8 Å². The molecule has 0 radical (unpaired) electrons. The highest BCUT2D eigenvalue weighted by Crippen LogP contribution is 2.31. The first-order valence-corrected chi connectivity index (χ1v) is 6.20. The Morgan fingerprint density at radius 3 is 2.72 bits per heavy atom. The highest BCUT2D eigenvalue weighted by Gasteiger charge is 2.14. The maximum absolute atomic E-state index is 6.19. The Morgan fingerprint density at radius 2 is 2.06 bits per heavy atom. The van der Waals surface area contributed by atoms with Crippen LogP contribution in [0.25, 0.3) is 17.3 Å². The Hall–Kier alpha value is -1.61. The van der Waals surface area contributed by atoms with Crippen LogP contribution in [0.3, 0.4) is 0 Å². The molecule has 0 amide bonds. The van der Waals surface area contributed by atoms with Crippen molar-refractivity contribution in [3.8, 4) is 11.3 Å². The molecule has 4 heteroatoms. The molecule has 0 bridgehead atoms. The predicted molar refractivity (Wildman–Crippen MR) is 75.6 cm³/mol. The van der Waals surface area contributed by atoms with Gasteiger partial charge in [0.25, 0.3) is 0 Å². The highest BCUT2D eigenvalue weighted by molar-refractivity contribution is 6.32. The molecule has 3 nitrogen and oxygen atoms in total. The minimum atomic E-state index is 0.585. The van der Waals surface area contributed by atoms with E-state index in [9.17, 15) is 0 Å². The van der Waals surface area contributed by atoms with Crippen molar-refractivity contribution in [3.63, 3.8) is 0 Å². The number of rotatable bonds is 2. The molecule has 2 rings (SSSR count). The molecule has 0 saturated carbocycles. The number of aromatic nitrogens is 3. The maximum atomic E-state index is 6.19. The minimum absolute atomic E-state index is 0.585. The van der Waals surface area contributed by atoms with Crippen LogP contribution >= 0.6 is 11.6 Å². The second kappa shape index (κ2) is 4.94. The van der Waals surface area contributed by atoms with E-state index in [0.717, 1.165) is 17.1 Å². The van der Waals surface area contributed by atoms with Crippen molar-refractivity contribution >= 4 is 17.7 Å². The van der Waals surface area contributed by atoms with Gasteiger partial charge >= 0.3 is 0 Å². The summed E-state index contributed by atoms with van der Waals surface area (Å²) in [5.41, 5.74) is 4.20. The average Bonchev–Trinajstić information content (AvgIpc) is 2.61. The summed E-state index contributed by atoms with van der Waals surface area (Å²) < 4.78 is 2.08. The van der Waals surface area contributed by atoms with Gasteiger partial charge in [0.2, 0.25) is 0 Å². The number of nitrogens with zero attached hydrogens (tertiary/aromatic N) is 3. The molecule has 18 heavy (non-hydrogen) atoms. The van der Waals surface area contributed by atoms with Crippen molar-refractivity contribution in [2.75, 3.05) is 0 Å². The number of hydrogen-bond acceptors (Lipinski definition) is 2.